The van der Waals surface area contributed by atoms with Crippen LogP contribution in [-0.4, -0.2) is 47.4 Å². The van der Waals surface area contributed by atoms with E-state index in [4.69, 9.17) is 0 Å². The number of rotatable bonds is 2. The van der Waals surface area contributed by atoms with E-state index in [1.54, 1.807) is 12.4 Å². The lowest BCUT2D eigenvalue weighted by Gasteiger charge is -2.34. The Bertz CT molecular complexity index is 391. The minimum Gasteiger partial charge on any atom is -0.393 e. The molecule has 2 N–H and O–H groups in total. The molecule has 0 aliphatic carbocycles. The Morgan fingerprint density at radius 1 is 1.17 bits per heavy atom. The molecule has 0 radical (unpaired) electrons. The summed E-state index contributed by atoms with van der Waals surface area (Å²) in [6.07, 6.45) is 5.06. The van der Waals surface area contributed by atoms with Gasteiger partial charge in [-0.05, 0) is 12.8 Å². The largest absolute Gasteiger partial charge is 0.393 e. The van der Waals surface area contributed by atoms with Gasteiger partial charge in [0.1, 0.15) is 0 Å². The summed E-state index contributed by atoms with van der Waals surface area (Å²) in [5, 5.41) is 12.8. The van der Waals surface area contributed by atoms with Gasteiger partial charge in [-0.2, -0.15) is 0 Å². The molecule has 0 unspecified atom stereocenters. The average molecular weight is 271 g/mol. The van der Waals surface area contributed by atoms with Crippen LogP contribution in [0.2, 0.25) is 0 Å². The maximum absolute atomic E-state index is 9.54. The summed E-state index contributed by atoms with van der Waals surface area (Å²) >= 11 is 0. The molecule has 0 saturated carbocycles. The Morgan fingerprint density at radius 3 is 2.44 bits per heavy atom. The van der Waals surface area contributed by atoms with E-state index in [0.717, 1.165) is 50.5 Å². The van der Waals surface area contributed by atoms with Crippen LogP contribution in [0, 0.1) is 0 Å². The summed E-state index contributed by atoms with van der Waals surface area (Å²) < 4.78 is 0. The Balaban J connectivity index is 0.00000120. The van der Waals surface area contributed by atoms with Crippen LogP contribution in [0.5, 0.6) is 0 Å². The first kappa shape index (κ1) is 13.5. The van der Waals surface area contributed by atoms with Gasteiger partial charge in [-0.1, -0.05) is 0 Å². The number of nitrogens with one attached hydrogen (secondary N) is 1. The second-order valence-electron chi connectivity index (χ2n) is 4.84. The van der Waals surface area contributed by atoms with Gasteiger partial charge in [0.05, 0.1) is 11.8 Å². The molecule has 6 heteroatoms. The Kier molecular flexibility index (Phi) is 4.37. The maximum atomic E-state index is 9.54. The van der Waals surface area contributed by atoms with Gasteiger partial charge in [-0.15, -0.1) is 12.4 Å². The Morgan fingerprint density at radius 2 is 1.83 bits per heavy atom. The Labute approximate surface area is 113 Å². The van der Waals surface area contributed by atoms with E-state index < -0.39 is 0 Å². The summed E-state index contributed by atoms with van der Waals surface area (Å²) in [7, 11) is 0. The topological polar surface area (TPSA) is 61.3 Å². The highest BCUT2D eigenvalue weighted by atomic mass is 35.5. The van der Waals surface area contributed by atoms with Gasteiger partial charge in [0.25, 0.3) is 0 Å². The first-order chi connectivity index (χ1) is 8.34. The number of aliphatic hydroxyl groups excluding tert-OH is 1. The van der Waals surface area contributed by atoms with E-state index in [1.165, 1.54) is 0 Å². The summed E-state index contributed by atoms with van der Waals surface area (Å²) in [4.78, 5) is 11.2. The quantitative estimate of drug-likeness (QED) is 0.822. The van der Waals surface area contributed by atoms with E-state index in [-0.39, 0.29) is 18.5 Å². The van der Waals surface area contributed by atoms with Gasteiger partial charge in [0.15, 0.2) is 5.82 Å². The van der Waals surface area contributed by atoms with Crippen molar-refractivity contribution in [2.24, 2.45) is 0 Å². The van der Waals surface area contributed by atoms with E-state index in [1.807, 2.05) is 0 Å². The third kappa shape index (κ3) is 2.58. The lowest BCUT2D eigenvalue weighted by atomic mass is 9.98. The highest BCUT2D eigenvalue weighted by Gasteiger charge is 2.27. The van der Waals surface area contributed by atoms with Gasteiger partial charge in [0, 0.05) is 44.5 Å². The lowest BCUT2D eigenvalue weighted by molar-refractivity contribution is 0.145. The third-order valence-electron chi connectivity index (χ3n) is 3.64. The Hall–Kier alpha value is -0.910. The molecule has 2 aliphatic heterocycles. The summed E-state index contributed by atoms with van der Waals surface area (Å²) in [5.74, 6) is 1.52. The minimum atomic E-state index is -0.142. The van der Waals surface area contributed by atoms with Gasteiger partial charge in [-0.25, -0.2) is 4.98 Å². The van der Waals surface area contributed by atoms with E-state index >= 15 is 0 Å². The van der Waals surface area contributed by atoms with Gasteiger partial charge in [0.2, 0.25) is 0 Å². The van der Waals surface area contributed by atoms with Crippen LogP contribution < -0.4 is 10.2 Å². The molecule has 1 aromatic rings. The van der Waals surface area contributed by atoms with Crippen LogP contribution in [0.4, 0.5) is 5.82 Å². The molecule has 0 amide bonds. The molecule has 1 aromatic heterocycles. The fourth-order valence-corrected chi connectivity index (χ4v) is 2.43. The summed E-state index contributed by atoms with van der Waals surface area (Å²) in [6.45, 7) is 3.77. The monoisotopic (exact) mass is 270 g/mol. The molecule has 100 valence electrons. The number of aromatic nitrogens is 2. The first-order valence-electron chi connectivity index (χ1n) is 6.29. The predicted octanol–water partition coefficient (Wildman–Crippen LogP) is 0.546. The number of nitrogens with zero attached hydrogens (tertiary/aromatic N) is 3. The number of hydrogen-bond donors (Lipinski definition) is 2. The van der Waals surface area contributed by atoms with Crippen LogP contribution in [0.15, 0.2) is 12.4 Å². The molecule has 2 saturated heterocycles. The average Bonchev–Trinajstić information content (AvgIpc) is 2.29. The summed E-state index contributed by atoms with van der Waals surface area (Å²) in [6, 6.07) is 0. The second-order valence-corrected chi connectivity index (χ2v) is 4.84. The first-order valence-corrected chi connectivity index (χ1v) is 6.29. The third-order valence-corrected chi connectivity index (χ3v) is 3.64. The molecule has 3 rings (SSSR count). The molecular weight excluding hydrogens is 252 g/mol. The zero-order chi connectivity index (χ0) is 11.7. The predicted molar refractivity (Wildman–Crippen MR) is 72.3 cm³/mol. The van der Waals surface area contributed by atoms with Crippen molar-refractivity contribution < 1.29 is 5.11 Å². The SMILES string of the molecule is Cl.OC1CCN(c2nccnc2C2CNC2)CC1. The van der Waals surface area contributed by atoms with Crippen molar-refractivity contribution >= 4 is 18.2 Å². The molecule has 0 spiro atoms. The molecule has 5 nitrogen and oxygen atoms in total. The normalized spacial score (nSPS) is 21.3. The van der Waals surface area contributed by atoms with Gasteiger partial charge in [-0.3, -0.25) is 4.98 Å². The lowest BCUT2D eigenvalue weighted by Crippen LogP contribution is -2.43. The highest BCUT2D eigenvalue weighted by Crippen LogP contribution is 2.27. The zero-order valence-electron chi connectivity index (χ0n) is 10.2. The standard InChI is InChI=1S/C12H18N4O.ClH/c17-10-1-5-16(6-2-10)12-11(9-7-13-8-9)14-3-4-15-12;/h3-4,9-10,13,17H,1-2,5-8H2;1H. The molecule has 0 atom stereocenters. The van der Waals surface area contributed by atoms with Crippen molar-refractivity contribution in [3.05, 3.63) is 18.1 Å². The summed E-state index contributed by atoms with van der Waals surface area (Å²) in [5.41, 5.74) is 1.11. The van der Waals surface area contributed by atoms with E-state index in [0.29, 0.717) is 5.92 Å². The number of piperidine rings is 1. The highest BCUT2D eigenvalue weighted by molar-refractivity contribution is 5.85. The van der Waals surface area contributed by atoms with Gasteiger partial charge < -0.3 is 15.3 Å². The van der Waals surface area contributed by atoms with Crippen LogP contribution in [0.1, 0.15) is 24.5 Å². The molecule has 0 aromatic carbocycles. The molecular formula is C12H19ClN4O. The number of aliphatic hydroxyl groups is 1. The fourth-order valence-electron chi connectivity index (χ4n) is 2.43. The second kappa shape index (κ2) is 5.82. The van der Waals surface area contributed by atoms with Crippen molar-refractivity contribution in [1.29, 1.82) is 0 Å². The van der Waals surface area contributed by atoms with Crippen molar-refractivity contribution in [3.63, 3.8) is 0 Å². The molecule has 0 bridgehead atoms. The van der Waals surface area contributed by atoms with Crippen LogP contribution in [0.25, 0.3) is 0 Å². The molecule has 18 heavy (non-hydrogen) atoms. The zero-order valence-corrected chi connectivity index (χ0v) is 11.1. The number of halogens is 1. The van der Waals surface area contributed by atoms with Crippen molar-refractivity contribution in [2.75, 3.05) is 31.1 Å². The van der Waals surface area contributed by atoms with E-state index in [9.17, 15) is 5.11 Å². The molecule has 2 aliphatic rings. The van der Waals surface area contributed by atoms with Crippen LogP contribution in [-0.2, 0) is 0 Å². The fraction of sp³-hybridized carbons (Fsp3) is 0.667. The van der Waals surface area contributed by atoms with Crippen molar-refractivity contribution in [1.82, 2.24) is 15.3 Å². The molecule has 3 heterocycles. The smallest absolute Gasteiger partial charge is 0.150 e. The van der Waals surface area contributed by atoms with Crippen molar-refractivity contribution in [2.45, 2.75) is 24.9 Å². The van der Waals surface area contributed by atoms with Gasteiger partial charge >= 0.3 is 0 Å². The maximum Gasteiger partial charge on any atom is 0.150 e. The number of hydrogen-bond acceptors (Lipinski definition) is 5. The van der Waals surface area contributed by atoms with Crippen LogP contribution in [0.3, 0.4) is 0 Å². The minimum absolute atomic E-state index is 0. The van der Waals surface area contributed by atoms with Crippen LogP contribution >= 0.6 is 12.4 Å². The number of anilines is 1. The molecule has 2 fully saturated rings. The van der Waals surface area contributed by atoms with Crippen molar-refractivity contribution in [3.8, 4) is 0 Å². The van der Waals surface area contributed by atoms with E-state index in [2.05, 4.69) is 20.2 Å².